The van der Waals surface area contributed by atoms with Crippen molar-refractivity contribution in [3.63, 3.8) is 0 Å². The Morgan fingerprint density at radius 1 is 1.35 bits per heavy atom. The van der Waals surface area contributed by atoms with Crippen LogP contribution in [0, 0.1) is 0 Å². The molecular formula is C14H12ClN5O2S. The number of rotatable bonds is 6. The van der Waals surface area contributed by atoms with Crippen LogP contribution >= 0.6 is 23.4 Å². The first-order chi connectivity index (χ1) is 11.2. The molecule has 0 saturated heterocycles. The molecule has 0 fully saturated rings. The minimum Gasteiger partial charge on any atom is -0.467 e. The second-order valence-corrected chi connectivity index (χ2v) is 5.88. The smallest absolute Gasteiger partial charge is 0.230 e. The molecule has 0 aliphatic carbocycles. The van der Waals surface area contributed by atoms with Crippen LogP contribution in [0.1, 0.15) is 5.76 Å². The second-order valence-electron chi connectivity index (χ2n) is 4.50. The Labute approximate surface area is 141 Å². The monoisotopic (exact) mass is 349 g/mol. The zero-order chi connectivity index (χ0) is 16.1. The Bertz CT molecular complexity index is 790. The summed E-state index contributed by atoms with van der Waals surface area (Å²) in [7, 11) is 0. The molecule has 0 radical (unpaired) electrons. The molecule has 9 heteroatoms. The van der Waals surface area contributed by atoms with Crippen molar-refractivity contribution >= 4 is 29.3 Å². The van der Waals surface area contributed by atoms with Crippen molar-refractivity contribution in [3.05, 3.63) is 53.4 Å². The van der Waals surface area contributed by atoms with Crippen LogP contribution in [0.25, 0.3) is 5.69 Å². The number of thioether (sulfide) groups is 1. The maximum absolute atomic E-state index is 11.9. The van der Waals surface area contributed by atoms with Gasteiger partial charge in [0.2, 0.25) is 11.1 Å². The van der Waals surface area contributed by atoms with Gasteiger partial charge in [0.15, 0.2) is 0 Å². The number of tetrazole rings is 1. The summed E-state index contributed by atoms with van der Waals surface area (Å²) in [4.78, 5) is 11.9. The zero-order valence-corrected chi connectivity index (χ0v) is 13.4. The van der Waals surface area contributed by atoms with Crippen LogP contribution in [0.5, 0.6) is 0 Å². The number of carbonyl (C=O) groups excluding carboxylic acids is 1. The first-order valence-electron chi connectivity index (χ1n) is 6.68. The number of hydrogen-bond donors (Lipinski definition) is 1. The van der Waals surface area contributed by atoms with E-state index in [1.807, 2.05) is 12.1 Å². The molecule has 118 valence electrons. The zero-order valence-electron chi connectivity index (χ0n) is 11.8. The van der Waals surface area contributed by atoms with E-state index in [0.29, 0.717) is 22.5 Å². The van der Waals surface area contributed by atoms with Gasteiger partial charge in [-0.25, -0.2) is 0 Å². The summed E-state index contributed by atoms with van der Waals surface area (Å²) in [6.07, 6.45) is 1.56. The van der Waals surface area contributed by atoms with Gasteiger partial charge in [0.25, 0.3) is 0 Å². The minimum absolute atomic E-state index is 0.132. The SMILES string of the molecule is O=C(CSc1nnnn1-c1cccc(Cl)c1)NCc1ccco1. The van der Waals surface area contributed by atoms with E-state index in [9.17, 15) is 4.79 Å². The van der Waals surface area contributed by atoms with Crippen molar-refractivity contribution in [2.45, 2.75) is 11.7 Å². The topological polar surface area (TPSA) is 85.8 Å². The number of hydrogen-bond acceptors (Lipinski definition) is 6. The predicted octanol–water partition coefficient (Wildman–Crippen LogP) is 2.32. The summed E-state index contributed by atoms with van der Waals surface area (Å²) in [5, 5.41) is 15.4. The van der Waals surface area contributed by atoms with Crippen molar-refractivity contribution in [3.8, 4) is 5.69 Å². The first kappa shape index (κ1) is 15.6. The molecule has 2 aromatic heterocycles. The lowest BCUT2D eigenvalue weighted by Gasteiger charge is -2.05. The third-order valence-corrected chi connectivity index (χ3v) is 4.02. The fraction of sp³-hybridized carbons (Fsp3) is 0.143. The highest BCUT2D eigenvalue weighted by molar-refractivity contribution is 7.99. The number of amides is 1. The molecule has 3 rings (SSSR count). The van der Waals surface area contributed by atoms with Crippen LogP contribution in [0.3, 0.4) is 0 Å². The van der Waals surface area contributed by atoms with Crippen LogP contribution in [-0.2, 0) is 11.3 Å². The Balaban J connectivity index is 1.58. The van der Waals surface area contributed by atoms with E-state index in [-0.39, 0.29) is 11.7 Å². The molecule has 0 atom stereocenters. The molecule has 0 aliphatic heterocycles. The van der Waals surface area contributed by atoms with Crippen molar-refractivity contribution in [2.24, 2.45) is 0 Å². The fourth-order valence-electron chi connectivity index (χ4n) is 1.82. The van der Waals surface area contributed by atoms with Gasteiger partial charge in [-0.2, -0.15) is 4.68 Å². The van der Waals surface area contributed by atoms with Crippen molar-refractivity contribution < 1.29 is 9.21 Å². The van der Waals surface area contributed by atoms with E-state index >= 15 is 0 Å². The van der Waals surface area contributed by atoms with Gasteiger partial charge in [0.05, 0.1) is 24.2 Å². The molecule has 0 spiro atoms. The molecule has 0 unspecified atom stereocenters. The molecule has 0 aliphatic rings. The lowest BCUT2D eigenvalue weighted by Crippen LogP contribution is -2.24. The standard InChI is InChI=1S/C14H12ClN5O2S/c15-10-3-1-4-11(7-10)20-14(17-18-19-20)23-9-13(21)16-8-12-5-2-6-22-12/h1-7H,8-9H2,(H,16,21). The Hall–Kier alpha value is -2.32. The van der Waals surface area contributed by atoms with Crippen molar-refractivity contribution in [2.75, 3.05) is 5.75 Å². The number of halogens is 1. The van der Waals surface area contributed by atoms with E-state index < -0.39 is 0 Å². The summed E-state index contributed by atoms with van der Waals surface area (Å²) in [6.45, 7) is 0.353. The van der Waals surface area contributed by atoms with Crippen LogP contribution in [-0.4, -0.2) is 31.9 Å². The Morgan fingerprint density at radius 3 is 3.04 bits per heavy atom. The van der Waals surface area contributed by atoms with Crippen LogP contribution in [0.15, 0.2) is 52.2 Å². The third kappa shape index (κ3) is 4.11. The van der Waals surface area contributed by atoms with E-state index in [0.717, 1.165) is 5.69 Å². The molecule has 0 bridgehead atoms. The molecule has 1 aromatic carbocycles. The highest BCUT2D eigenvalue weighted by Gasteiger charge is 2.12. The summed E-state index contributed by atoms with van der Waals surface area (Å²) >= 11 is 7.21. The predicted molar refractivity (Wildman–Crippen MR) is 85.4 cm³/mol. The molecule has 23 heavy (non-hydrogen) atoms. The summed E-state index contributed by atoms with van der Waals surface area (Å²) in [5.74, 6) is 0.765. The number of nitrogens with zero attached hydrogens (tertiary/aromatic N) is 4. The van der Waals surface area contributed by atoms with Crippen LogP contribution in [0.4, 0.5) is 0 Å². The number of carbonyl (C=O) groups is 1. The van der Waals surface area contributed by atoms with Gasteiger partial charge in [0.1, 0.15) is 5.76 Å². The largest absolute Gasteiger partial charge is 0.467 e. The lowest BCUT2D eigenvalue weighted by molar-refractivity contribution is -0.118. The molecule has 2 heterocycles. The van der Waals surface area contributed by atoms with Gasteiger partial charge in [-0.15, -0.1) is 5.10 Å². The van der Waals surface area contributed by atoms with E-state index in [1.165, 1.54) is 16.4 Å². The highest BCUT2D eigenvalue weighted by Crippen LogP contribution is 2.20. The van der Waals surface area contributed by atoms with Crippen molar-refractivity contribution in [1.29, 1.82) is 0 Å². The number of aromatic nitrogens is 4. The fourth-order valence-corrected chi connectivity index (χ4v) is 2.72. The lowest BCUT2D eigenvalue weighted by atomic mass is 10.3. The van der Waals surface area contributed by atoms with E-state index in [1.54, 1.807) is 30.5 Å². The average molecular weight is 350 g/mol. The average Bonchev–Trinajstić information content (AvgIpc) is 3.22. The number of furan rings is 1. The molecule has 1 N–H and O–H groups in total. The second kappa shape index (κ2) is 7.30. The molecule has 0 saturated carbocycles. The maximum Gasteiger partial charge on any atom is 0.230 e. The molecular weight excluding hydrogens is 338 g/mol. The third-order valence-electron chi connectivity index (χ3n) is 2.87. The maximum atomic E-state index is 11.9. The van der Waals surface area contributed by atoms with Gasteiger partial charge in [-0.05, 0) is 40.8 Å². The molecule has 3 aromatic rings. The first-order valence-corrected chi connectivity index (χ1v) is 8.05. The van der Waals surface area contributed by atoms with Crippen LogP contribution < -0.4 is 5.32 Å². The Morgan fingerprint density at radius 2 is 2.26 bits per heavy atom. The normalized spacial score (nSPS) is 10.7. The van der Waals surface area contributed by atoms with Gasteiger partial charge in [-0.3, -0.25) is 4.79 Å². The Kier molecular flexibility index (Phi) is 4.94. The number of nitrogens with one attached hydrogen (secondary N) is 1. The summed E-state index contributed by atoms with van der Waals surface area (Å²) in [6, 6.07) is 10.7. The molecule has 1 amide bonds. The van der Waals surface area contributed by atoms with Gasteiger partial charge in [-0.1, -0.05) is 29.4 Å². The summed E-state index contributed by atoms with van der Waals surface area (Å²) < 4.78 is 6.69. The van der Waals surface area contributed by atoms with Crippen molar-refractivity contribution in [1.82, 2.24) is 25.5 Å². The van der Waals surface area contributed by atoms with Gasteiger partial charge in [0, 0.05) is 5.02 Å². The van der Waals surface area contributed by atoms with E-state index in [2.05, 4.69) is 20.8 Å². The van der Waals surface area contributed by atoms with Crippen LogP contribution in [0.2, 0.25) is 5.02 Å². The molecule has 7 nitrogen and oxygen atoms in total. The van der Waals surface area contributed by atoms with Gasteiger partial charge < -0.3 is 9.73 Å². The van der Waals surface area contributed by atoms with Gasteiger partial charge >= 0.3 is 0 Å². The quantitative estimate of drug-likeness (QED) is 0.687. The summed E-state index contributed by atoms with van der Waals surface area (Å²) in [5.41, 5.74) is 0.737. The number of benzene rings is 1. The highest BCUT2D eigenvalue weighted by atomic mass is 35.5. The van der Waals surface area contributed by atoms with E-state index in [4.69, 9.17) is 16.0 Å². The minimum atomic E-state index is -0.132.